The monoisotopic (exact) mass is 375 g/mol. The van der Waals surface area contributed by atoms with E-state index in [9.17, 15) is 31.9 Å². The molecule has 1 amide bonds. The fourth-order valence-electron chi connectivity index (χ4n) is 2.97. The first-order valence-electron chi connectivity index (χ1n) is 7.67. The van der Waals surface area contributed by atoms with Crippen LogP contribution in [0.5, 0.6) is 0 Å². The van der Waals surface area contributed by atoms with Gasteiger partial charge in [-0.3, -0.25) is 9.59 Å². The van der Waals surface area contributed by atoms with Crippen molar-refractivity contribution in [2.45, 2.75) is 30.9 Å². The fourth-order valence-corrected chi connectivity index (χ4v) is 3.69. The minimum atomic E-state index is -4.72. The van der Waals surface area contributed by atoms with Crippen molar-refractivity contribution in [1.29, 1.82) is 0 Å². The van der Waals surface area contributed by atoms with Gasteiger partial charge in [0, 0.05) is 18.7 Å². The highest BCUT2D eigenvalue weighted by Gasteiger charge is 2.48. The molecular formula is C16H19F2NO5S. The highest BCUT2D eigenvalue weighted by atomic mass is 32.2. The molecule has 1 heterocycles. The fraction of sp³-hybridized carbons (Fsp3) is 0.500. The highest BCUT2D eigenvalue weighted by molar-refractivity contribution is 7.91. The lowest BCUT2D eigenvalue weighted by molar-refractivity contribution is -0.150. The Morgan fingerprint density at radius 1 is 1.20 bits per heavy atom. The molecule has 6 nitrogen and oxygen atoms in total. The summed E-state index contributed by atoms with van der Waals surface area (Å²) in [4.78, 5) is 24.9. The van der Waals surface area contributed by atoms with Crippen LogP contribution in [0.4, 0.5) is 8.78 Å². The maximum Gasteiger partial charge on any atom is 0.341 e. The van der Waals surface area contributed by atoms with E-state index < -0.39 is 37.8 Å². The van der Waals surface area contributed by atoms with Crippen LogP contribution in [0.25, 0.3) is 0 Å². The van der Waals surface area contributed by atoms with Crippen LogP contribution in [0, 0.1) is 11.3 Å². The maximum atomic E-state index is 12.5. The molecule has 1 atom stereocenters. The van der Waals surface area contributed by atoms with E-state index in [1.165, 1.54) is 4.90 Å². The predicted molar refractivity (Wildman–Crippen MR) is 85.1 cm³/mol. The molecule has 9 heteroatoms. The third-order valence-electron chi connectivity index (χ3n) is 4.78. The van der Waals surface area contributed by atoms with E-state index in [1.807, 2.05) is 0 Å². The molecule has 0 spiro atoms. The maximum absolute atomic E-state index is 12.5. The zero-order valence-corrected chi connectivity index (χ0v) is 14.6. The smallest absolute Gasteiger partial charge is 0.341 e. The summed E-state index contributed by atoms with van der Waals surface area (Å²) < 4.78 is 47.8. The molecule has 1 aliphatic rings. The van der Waals surface area contributed by atoms with E-state index in [0.717, 1.165) is 24.3 Å². The van der Waals surface area contributed by atoms with Gasteiger partial charge in [-0.05, 0) is 36.6 Å². The highest BCUT2D eigenvalue weighted by Crippen LogP contribution is 2.38. The van der Waals surface area contributed by atoms with Crippen molar-refractivity contribution in [1.82, 2.24) is 4.90 Å². The van der Waals surface area contributed by atoms with Gasteiger partial charge in [-0.15, -0.1) is 0 Å². The first-order chi connectivity index (χ1) is 11.5. The normalized spacial score (nSPS) is 21.1. The zero-order valence-electron chi connectivity index (χ0n) is 13.8. The van der Waals surface area contributed by atoms with Crippen molar-refractivity contribution < 1.29 is 31.9 Å². The molecule has 0 bridgehead atoms. The van der Waals surface area contributed by atoms with Crippen LogP contribution < -0.4 is 0 Å². The average Bonchev–Trinajstić information content (AvgIpc) is 3.01. The van der Waals surface area contributed by atoms with E-state index in [-0.39, 0.29) is 24.6 Å². The number of nitrogens with zero attached hydrogens (tertiary/aromatic N) is 1. The number of carboxylic acid groups (broad SMARTS) is 1. The number of halogens is 2. The molecule has 2 rings (SSSR count). The Morgan fingerprint density at radius 2 is 1.76 bits per heavy atom. The molecule has 1 fully saturated rings. The van der Waals surface area contributed by atoms with Crippen molar-refractivity contribution in [2.24, 2.45) is 11.3 Å². The van der Waals surface area contributed by atoms with E-state index in [1.54, 1.807) is 13.8 Å². The molecule has 138 valence electrons. The summed E-state index contributed by atoms with van der Waals surface area (Å²) in [6, 6.07) is 4.23. The predicted octanol–water partition coefficient (Wildman–Crippen LogP) is 2.26. The van der Waals surface area contributed by atoms with Crippen LogP contribution in [0.1, 0.15) is 30.6 Å². The third kappa shape index (κ3) is 3.37. The van der Waals surface area contributed by atoms with Gasteiger partial charge in [0.1, 0.15) is 0 Å². The van der Waals surface area contributed by atoms with Gasteiger partial charge in [0.2, 0.25) is 9.84 Å². The summed E-state index contributed by atoms with van der Waals surface area (Å²) in [7, 11) is -4.72. The molecule has 0 saturated carbocycles. The quantitative estimate of drug-likeness (QED) is 0.852. The molecule has 0 radical (unpaired) electrons. The van der Waals surface area contributed by atoms with Crippen molar-refractivity contribution in [3.05, 3.63) is 29.8 Å². The summed E-state index contributed by atoms with van der Waals surface area (Å²) in [6.45, 7) is 3.88. The number of benzene rings is 1. The molecule has 1 aromatic rings. The van der Waals surface area contributed by atoms with Crippen molar-refractivity contribution >= 4 is 21.7 Å². The van der Waals surface area contributed by atoms with Crippen LogP contribution in [-0.2, 0) is 14.6 Å². The Labute approximate surface area is 144 Å². The van der Waals surface area contributed by atoms with Crippen molar-refractivity contribution in [3.8, 4) is 0 Å². The lowest BCUT2D eigenvalue weighted by Crippen LogP contribution is -2.40. The SMILES string of the molecule is CC(C)C1(C(=O)O)CCN(C(=O)c2ccc(S(=O)(=O)C(F)F)cc2)C1. The van der Waals surface area contributed by atoms with Gasteiger partial charge in [0.15, 0.2) is 0 Å². The van der Waals surface area contributed by atoms with Gasteiger partial charge in [-0.25, -0.2) is 8.42 Å². The summed E-state index contributed by atoms with van der Waals surface area (Å²) in [5, 5.41) is 9.51. The van der Waals surface area contributed by atoms with Crippen molar-refractivity contribution in [2.75, 3.05) is 13.1 Å². The molecule has 25 heavy (non-hydrogen) atoms. The summed E-state index contributed by atoms with van der Waals surface area (Å²) in [5.41, 5.74) is -0.896. The average molecular weight is 375 g/mol. The van der Waals surface area contributed by atoms with Crippen LogP contribution in [-0.4, -0.2) is 49.1 Å². The number of hydrogen-bond donors (Lipinski definition) is 1. The van der Waals surface area contributed by atoms with Crippen molar-refractivity contribution in [3.63, 3.8) is 0 Å². The Kier molecular flexibility index (Phi) is 5.17. The lowest BCUT2D eigenvalue weighted by atomic mass is 9.76. The molecule has 1 aromatic carbocycles. The number of sulfone groups is 1. The molecule has 1 saturated heterocycles. The lowest BCUT2D eigenvalue weighted by Gasteiger charge is -2.28. The number of hydrogen-bond acceptors (Lipinski definition) is 4. The van der Waals surface area contributed by atoms with E-state index in [2.05, 4.69) is 0 Å². The third-order valence-corrected chi connectivity index (χ3v) is 6.18. The molecule has 1 aliphatic heterocycles. The summed E-state index contributed by atoms with van der Waals surface area (Å²) >= 11 is 0. The number of carboxylic acids is 1. The number of carbonyl (C=O) groups excluding carboxylic acids is 1. The largest absolute Gasteiger partial charge is 0.481 e. The zero-order chi connectivity index (χ0) is 19.0. The second-order valence-corrected chi connectivity index (χ2v) is 8.34. The van der Waals surface area contributed by atoms with Gasteiger partial charge in [-0.2, -0.15) is 8.78 Å². The summed E-state index contributed by atoms with van der Waals surface area (Å²) in [5.74, 6) is -5.11. The van der Waals surface area contributed by atoms with Gasteiger partial charge in [0.25, 0.3) is 5.91 Å². The number of carbonyl (C=O) groups is 2. The van der Waals surface area contributed by atoms with Gasteiger partial charge < -0.3 is 10.0 Å². The standard InChI is InChI=1S/C16H19F2NO5S/c1-10(2)16(14(21)22)7-8-19(9-16)13(20)11-3-5-12(6-4-11)25(23,24)15(17)18/h3-6,10,15H,7-9H2,1-2H3,(H,21,22). The number of amides is 1. The second-order valence-electron chi connectivity index (χ2n) is 6.42. The second kappa shape index (κ2) is 6.70. The Balaban J connectivity index is 2.21. The minimum Gasteiger partial charge on any atom is -0.481 e. The van der Waals surface area contributed by atoms with Crippen LogP contribution >= 0.6 is 0 Å². The molecule has 0 aliphatic carbocycles. The van der Waals surface area contributed by atoms with Gasteiger partial charge in [0.05, 0.1) is 10.3 Å². The first kappa shape index (κ1) is 19.3. The first-order valence-corrected chi connectivity index (χ1v) is 9.22. The molecule has 1 unspecified atom stereocenters. The molecule has 0 aromatic heterocycles. The number of rotatable bonds is 5. The number of aliphatic carboxylic acids is 1. The number of alkyl halides is 2. The van der Waals surface area contributed by atoms with E-state index >= 15 is 0 Å². The van der Waals surface area contributed by atoms with E-state index in [4.69, 9.17) is 0 Å². The number of likely N-dealkylation sites (tertiary alicyclic amines) is 1. The molecular weight excluding hydrogens is 356 g/mol. The van der Waals surface area contributed by atoms with Gasteiger partial charge >= 0.3 is 11.7 Å². The topological polar surface area (TPSA) is 91.8 Å². The van der Waals surface area contributed by atoms with E-state index in [0.29, 0.717) is 6.42 Å². The Hall–Kier alpha value is -2.03. The van der Waals surface area contributed by atoms with Crippen LogP contribution in [0.15, 0.2) is 29.2 Å². The summed E-state index contributed by atoms with van der Waals surface area (Å²) in [6.07, 6.45) is 0.323. The Bertz CT molecular complexity index is 776. The van der Waals surface area contributed by atoms with Gasteiger partial charge in [-0.1, -0.05) is 13.8 Å². The van der Waals surface area contributed by atoms with Crippen LogP contribution in [0.3, 0.4) is 0 Å². The Morgan fingerprint density at radius 3 is 2.16 bits per heavy atom. The molecule has 1 N–H and O–H groups in total. The van der Waals surface area contributed by atoms with Crippen LogP contribution in [0.2, 0.25) is 0 Å². The minimum absolute atomic E-state index is 0.0515.